The van der Waals surface area contributed by atoms with Gasteiger partial charge in [-0.15, -0.1) is 0 Å². The van der Waals surface area contributed by atoms with Crippen LogP contribution in [0.1, 0.15) is 5.56 Å². The average Bonchev–Trinajstić information content (AvgIpc) is 2.80. The Hall–Kier alpha value is -3.07. The Morgan fingerprint density at radius 1 is 0.968 bits per heavy atom. The molecule has 3 aromatic rings. The molecule has 0 radical (unpaired) electrons. The van der Waals surface area contributed by atoms with E-state index >= 15 is 0 Å². The fourth-order valence-electron chi connectivity index (χ4n) is 3.63. The number of benzene rings is 2. The van der Waals surface area contributed by atoms with Crippen molar-refractivity contribution in [3.05, 3.63) is 81.4 Å². The third-order valence-corrected chi connectivity index (χ3v) is 5.64. The summed E-state index contributed by atoms with van der Waals surface area (Å²) in [6, 6.07) is 18.5. The summed E-state index contributed by atoms with van der Waals surface area (Å²) in [6.45, 7) is 5.28. The van der Waals surface area contributed by atoms with Crippen molar-refractivity contribution in [2.45, 2.75) is 0 Å². The summed E-state index contributed by atoms with van der Waals surface area (Å²) in [7, 11) is 0. The van der Waals surface area contributed by atoms with Gasteiger partial charge in [0.05, 0.1) is 17.9 Å². The van der Waals surface area contributed by atoms with Crippen molar-refractivity contribution < 1.29 is 5.11 Å². The molecule has 1 aliphatic heterocycles. The molecule has 8 heteroatoms. The molecule has 0 amide bonds. The lowest BCUT2D eigenvalue weighted by Gasteiger charge is -2.26. The first kappa shape index (κ1) is 21.2. The smallest absolute Gasteiger partial charge is 0.271 e. The Kier molecular flexibility index (Phi) is 6.71. The van der Waals surface area contributed by atoms with E-state index in [2.05, 4.69) is 15.2 Å². The molecule has 7 nitrogen and oxygen atoms in total. The molecule has 1 saturated heterocycles. The lowest BCUT2D eigenvalue weighted by Crippen LogP contribution is -2.44. The number of aliphatic imine (C=N–C) groups is 1. The molecule has 2 N–H and O–H groups in total. The monoisotopic (exact) mass is 435 g/mol. The largest absolute Gasteiger partial charge is 0.494 e. The lowest BCUT2D eigenvalue weighted by atomic mass is 10.2. The molecule has 160 valence electrons. The number of rotatable bonds is 6. The van der Waals surface area contributed by atoms with E-state index in [0.717, 1.165) is 32.7 Å². The maximum atomic E-state index is 13.3. The molecule has 0 unspecified atom stereocenters. The molecule has 1 aromatic heterocycles. The molecule has 2 heterocycles. The summed E-state index contributed by atoms with van der Waals surface area (Å²) < 4.78 is 3.12. The van der Waals surface area contributed by atoms with Gasteiger partial charge in [-0.1, -0.05) is 36.4 Å². The van der Waals surface area contributed by atoms with E-state index in [1.165, 1.54) is 15.3 Å². The number of hydrogen-bond acceptors (Lipinski definition) is 6. The number of hydrogen-bond donors (Lipinski definition) is 2. The van der Waals surface area contributed by atoms with Gasteiger partial charge in [0.15, 0.2) is 4.77 Å². The fraction of sp³-hybridized carbons (Fsp3) is 0.261. The molecular weight excluding hydrogens is 410 g/mol. The molecule has 0 aliphatic carbocycles. The Balaban J connectivity index is 1.76. The van der Waals surface area contributed by atoms with E-state index in [0.29, 0.717) is 17.9 Å². The number of aromatic nitrogens is 2. The second-order valence-corrected chi connectivity index (χ2v) is 7.66. The molecule has 1 aliphatic rings. The highest BCUT2D eigenvalue weighted by molar-refractivity contribution is 7.71. The second-order valence-electron chi connectivity index (χ2n) is 7.29. The predicted molar refractivity (Wildman–Crippen MR) is 126 cm³/mol. The van der Waals surface area contributed by atoms with Gasteiger partial charge in [0, 0.05) is 38.9 Å². The van der Waals surface area contributed by atoms with Crippen LogP contribution in [0.15, 0.2) is 70.5 Å². The normalized spacial score (nSPS) is 14.8. The summed E-state index contributed by atoms with van der Waals surface area (Å²) in [4.78, 5) is 20.1. The fourth-order valence-corrected chi connectivity index (χ4v) is 4.01. The molecule has 2 aromatic carbocycles. The van der Waals surface area contributed by atoms with E-state index in [1.807, 2.05) is 60.7 Å². The van der Waals surface area contributed by atoms with Gasteiger partial charge in [0.25, 0.3) is 5.56 Å². The van der Waals surface area contributed by atoms with Crippen molar-refractivity contribution in [3.63, 3.8) is 0 Å². The number of para-hydroxylation sites is 2. The van der Waals surface area contributed by atoms with E-state index in [-0.39, 0.29) is 16.2 Å². The Labute approximate surface area is 185 Å². The average molecular weight is 436 g/mol. The second kappa shape index (κ2) is 9.82. The molecule has 4 rings (SSSR count). The van der Waals surface area contributed by atoms with Gasteiger partial charge in [0.1, 0.15) is 5.56 Å². The predicted octanol–water partition coefficient (Wildman–Crippen LogP) is 2.39. The molecule has 0 spiro atoms. The molecular formula is C23H25N5O2S. The minimum absolute atomic E-state index is 0.113. The highest BCUT2D eigenvalue weighted by Gasteiger charge is 2.18. The van der Waals surface area contributed by atoms with Crippen molar-refractivity contribution in [1.82, 2.24) is 19.4 Å². The van der Waals surface area contributed by atoms with E-state index in [4.69, 9.17) is 12.2 Å². The first-order valence-electron chi connectivity index (χ1n) is 10.3. The number of nitrogens with zero attached hydrogens (tertiary/aromatic N) is 4. The van der Waals surface area contributed by atoms with Gasteiger partial charge in [-0.2, -0.15) is 0 Å². The van der Waals surface area contributed by atoms with Crippen LogP contribution < -0.4 is 10.9 Å². The van der Waals surface area contributed by atoms with Crippen LogP contribution in [0.5, 0.6) is 5.88 Å². The van der Waals surface area contributed by atoms with E-state index in [1.54, 1.807) is 0 Å². The van der Waals surface area contributed by atoms with Crippen molar-refractivity contribution >= 4 is 18.4 Å². The van der Waals surface area contributed by atoms with Gasteiger partial charge < -0.3 is 10.4 Å². The zero-order chi connectivity index (χ0) is 21.6. The highest BCUT2D eigenvalue weighted by atomic mass is 32.1. The van der Waals surface area contributed by atoms with Crippen LogP contribution >= 0.6 is 12.2 Å². The third-order valence-electron chi connectivity index (χ3n) is 5.27. The molecule has 0 bridgehead atoms. The number of nitrogens with one attached hydrogen (secondary N) is 1. The standard InChI is InChI=1S/C23H25N5O2S/c29-21-20(17-25-13-16-26-14-11-24-12-15-26)22(30)28(19-9-5-2-6-10-19)23(31)27(21)18-7-3-1-4-8-18/h1-10,17,24,29H,11-16H2. The van der Waals surface area contributed by atoms with Crippen molar-refractivity contribution in [3.8, 4) is 17.3 Å². The van der Waals surface area contributed by atoms with Crippen LogP contribution in [-0.4, -0.2) is 64.6 Å². The molecule has 0 saturated carbocycles. The van der Waals surface area contributed by atoms with Crippen LogP contribution in [0, 0.1) is 4.77 Å². The van der Waals surface area contributed by atoms with E-state index in [9.17, 15) is 9.90 Å². The minimum atomic E-state index is -0.396. The van der Waals surface area contributed by atoms with Crippen LogP contribution in [0.3, 0.4) is 0 Å². The first-order chi connectivity index (χ1) is 15.2. The maximum Gasteiger partial charge on any atom is 0.271 e. The van der Waals surface area contributed by atoms with Crippen molar-refractivity contribution in [2.24, 2.45) is 4.99 Å². The zero-order valence-electron chi connectivity index (χ0n) is 17.1. The summed E-state index contributed by atoms with van der Waals surface area (Å²) >= 11 is 5.62. The minimum Gasteiger partial charge on any atom is -0.494 e. The number of piperazine rings is 1. The van der Waals surface area contributed by atoms with Crippen LogP contribution in [0.4, 0.5) is 0 Å². The Morgan fingerprint density at radius 3 is 2.16 bits per heavy atom. The maximum absolute atomic E-state index is 13.3. The summed E-state index contributed by atoms with van der Waals surface area (Å²) in [5.41, 5.74) is 1.02. The van der Waals surface area contributed by atoms with E-state index < -0.39 is 5.56 Å². The summed E-state index contributed by atoms with van der Waals surface area (Å²) in [6.07, 6.45) is 1.47. The quantitative estimate of drug-likeness (QED) is 0.459. The van der Waals surface area contributed by atoms with Gasteiger partial charge in [-0.25, -0.2) is 0 Å². The van der Waals surface area contributed by atoms with Gasteiger partial charge >= 0.3 is 0 Å². The highest BCUT2D eigenvalue weighted by Crippen LogP contribution is 2.21. The lowest BCUT2D eigenvalue weighted by molar-refractivity contribution is 0.248. The Morgan fingerprint density at radius 2 is 1.55 bits per heavy atom. The molecule has 31 heavy (non-hydrogen) atoms. The third kappa shape index (κ3) is 4.66. The van der Waals surface area contributed by atoms with Crippen LogP contribution in [-0.2, 0) is 0 Å². The Bertz CT molecular complexity index is 1170. The van der Waals surface area contributed by atoms with Crippen molar-refractivity contribution in [2.75, 3.05) is 39.3 Å². The van der Waals surface area contributed by atoms with Crippen LogP contribution in [0.25, 0.3) is 11.4 Å². The van der Waals surface area contributed by atoms with Gasteiger partial charge in [-0.05, 0) is 36.5 Å². The number of aromatic hydroxyl groups is 1. The van der Waals surface area contributed by atoms with Crippen molar-refractivity contribution in [1.29, 1.82) is 0 Å². The van der Waals surface area contributed by atoms with Gasteiger partial charge in [-0.3, -0.25) is 23.8 Å². The van der Waals surface area contributed by atoms with Crippen LogP contribution in [0.2, 0.25) is 0 Å². The SMILES string of the molecule is O=c1c(C=NCCN2CCNCC2)c(O)n(-c2ccccc2)c(=S)n1-c1ccccc1. The van der Waals surface area contributed by atoms with Gasteiger partial charge in [0.2, 0.25) is 5.88 Å². The molecule has 1 fully saturated rings. The summed E-state index contributed by atoms with van der Waals surface area (Å²) in [5.74, 6) is -0.209. The summed E-state index contributed by atoms with van der Waals surface area (Å²) in [5, 5.41) is 14.3. The first-order valence-corrected chi connectivity index (χ1v) is 10.7. The topological polar surface area (TPSA) is 74.8 Å². The molecule has 0 atom stereocenters. The zero-order valence-corrected chi connectivity index (χ0v) is 18.0.